The number of rotatable bonds is 4. The Morgan fingerprint density at radius 2 is 1.73 bits per heavy atom. The van der Waals surface area contributed by atoms with Gasteiger partial charge in [-0.05, 0) is 36.8 Å². The summed E-state index contributed by atoms with van der Waals surface area (Å²) in [5.41, 5.74) is 4.29. The van der Waals surface area contributed by atoms with E-state index in [0.29, 0.717) is 28.6 Å². The Labute approximate surface area is 177 Å². The summed E-state index contributed by atoms with van der Waals surface area (Å²) >= 11 is 6.52. The van der Waals surface area contributed by atoms with E-state index in [-0.39, 0.29) is 5.91 Å². The maximum absolute atomic E-state index is 13.0. The summed E-state index contributed by atoms with van der Waals surface area (Å²) in [6.45, 7) is 2.29. The molecule has 0 saturated carbocycles. The molecule has 2 heterocycles. The first-order valence-electron chi connectivity index (χ1n) is 9.59. The van der Waals surface area contributed by atoms with E-state index in [1.807, 2.05) is 72.8 Å². The summed E-state index contributed by atoms with van der Waals surface area (Å²) < 4.78 is 7.49. The third-order valence-electron chi connectivity index (χ3n) is 5.10. The van der Waals surface area contributed by atoms with Crippen LogP contribution in [0.2, 0.25) is 5.15 Å². The maximum Gasteiger partial charge on any atom is 0.260 e. The molecule has 3 aromatic carbocycles. The SMILES string of the molecule is Cc1nn(Cc2ccccc2)c(Cl)c1C(=O)Nc1ccc2oc3ccccc3c2c1. The van der Waals surface area contributed by atoms with E-state index < -0.39 is 0 Å². The molecule has 0 atom stereocenters. The highest BCUT2D eigenvalue weighted by atomic mass is 35.5. The molecule has 0 fully saturated rings. The molecule has 0 spiro atoms. The molecular formula is C24H18ClN3O2. The summed E-state index contributed by atoms with van der Waals surface area (Å²) in [6, 6.07) is 23.3. The van der Waals surface area contributed by atoms with E-state index >= 15 is 0 Å². The molecule has 0 aliphatic carbocycles. The number of furan rings is 1. The first-order chi connectivity index (χ1) is 14.6. The van der Waals surface area contributed by atoms with Crippen molar-refractivity contribution in [3.8, 4) is 0 Å². The number of nitrogens with one attached hydrogen (secondary N) is 1. The Morgan fingerprint density at radius 1 is 1.00 bits per heavy atom. The Bertz CT molecular complexity index is 1390. The summed E-state index contributed by atoms with van der Waals surface area (Å²) in [7, 11) is 0. The van der Waals surface area contributed by atoms with Crippen molar-refractivity contribution in [2.24, 2.45) is 0 Å². The number of para-hydroxylation sites is 1. The number of fused-ring (bicyclic) bond motifs is 3. The van der Waals surface area contributed by atoms with Gasteiger partial charge in [-0.3, -0.25) is 4.79 Å². The predicted octanol–water partition coefficient (Wildman–Crippen LogP) is 6.04. The van der Waals surface area contributed by atoms with Gasteiger partial charge in [-0.15, -0.1) is 0 Å². The third kappa shape index (κ3) is 3.23. The second-order valence-corrected chi connectivity index (χ2v) is 7.52. The van der Waals surface area contributed by atoms with Crippen molar-refractivity contribution in [2.45, 2.75) is 13.5 Å². The van der Waals surface area contributed by atoms with Crippen molar-refractivity contribution in [1.29, 1.82) is 0 Å². The molecule has 2 aromatic heterocycles. The minimum atomic E-state index is -0.288. The number of aromatic nitrogens is 2. The van der Waals surface area contributed by atoms with Gasteiger partial charge >= 0.3 is 0 Å². The van der Waals surface area contributed by atoms with Crippen LogP contribution < -0.4 is 5.32 Å². The summed E-state index contributed by atoms with van der Waals surface area (Å²) in [4.78, 5) is 13.0. The van der Waals surface area contributed by atoms with Crippen LogP contribution in [0.15, 0.2) is 77.2 Å². The van der Waals surface area contributed by atoms with Crippen molar-refractivity contribution in [1.82, 2.24) is 9.78 Å². The lowest BCUT2D eigenvalue weighted by molar-refractivity contribution is 0.102. The number of amides is 1. The third-order valence-corrected chi connectivity index (χ3v) is 5.49. The van der Waals surface area contributed by atoms with Gasteiger partial charge in [0.2, 0.25) is 0 Å². The molecule has 30 heavy (non-hydrogen) atoms. The van der Waals surface area contributed by atoms with Crippen LogP contribution in [0.3, 0.4) is 0 Å². The molecule has 5 nitrogen and oxygen atoms in total. The number of anilines is 1. The van der Waals surface area contributed by atoms with Crippen LogP contribution in [0.25, 0.3) is 21.9 Å². The fourth-order valence-corrected chi connectivity index (χ4v) is 3.99. The Hall–Kier alpha value is -3.57. The molecule has 5 rings (SSSR count). The van der Waals surface area contributed by atoms with Crippen LogP contribution in [-0.2, 0) is 6.54 Å². The van der Waals surface area contributed by atoms with Gasteiger partial charge in [0.15, 0.2) is 0 Å². The van der Waals surface area contributed by atoms with E-state index in [9.17, 15) is 4.79 Å². The highest BCUT2D eigenvalue weighted by Gasteiger charge is 2.21. The van der Waals surface area contributed by atoms with Crippen molar-refractivity contribution < 1.29 is 9.21 Å². The van der Waals surface area contributed by atoms with Gasteiger partial charge in [-0.25, -0.2) is 4.68 Å². The maximum atomic E-state index is 13.0. The second kappa shape index (κ2) is 7.35. The molecule has 0 bridgehead atoms. The molecule has 148 valence electrons. The number of carbonyl (C=O) groups excluding carboxylic acids is 1. The fraction of sp³-hybridized carbons (Fsp3) is 0.0833. The molecule has 0 aliphatic rings. The molecule has 5 aromatic rings. The highest BCUT2D eigenvalue weighted by Crippen LogP contribution is 2.31. The van der Waals surface area contributed by atoms with Crippen LogP contribution in [-0.4, -0.2) is 15.7 Å². The smallest absolute Gasteiger partial charge is 0.260 e. The van der Waals surface area contributed by atoms with Crippen molar-refractivity contribution in [3.05, 3.63) is 94.8 Å². The standard InChI is InChI=1S/C24H18ClN3O2/c1-15-22(23(25)28(27-15)14-16-7-3-2-4-8-16)24(29)26-17-11-12-21-19(13-17)18-9-5-6-10-20(18)30-21/h2-13H,14H2,1H3,(H,26,29). The topological polar surface area (TPSA) is 60.1 Å². The van der Waals surface area contributed by atoms with Crippen molar-refractivity contribution in [3.63, 3.8) is 0 Å². The Morgan fingerprint density at radius 3 is 2.57 bits per heavy atom. The average Bonchev–Trinajstić information content (AvgIpc) is 3.25. The van der Waals surface area contributed by atoms with Gasteiger partial charge in [0, 0.05) is 16.5 Å². The zero-order chi connectivity index (χ0) is 20.7. The van der Waals surface area contributed by atoms with Crippen LogP contribution >= 0.6 is 11.6 Å². The monoisotopic (exact) mass is 415 g/mol. The lowest BCUT2D eigenvalue weighted by atomic mass is 10.1. The zero-order valence-electron chi connectivity index (χ0n) is 16.2. The molecular weight excluding hydrogens is 398 g/mol. The normalized spacial score (nSPS) is 11.3. The van der Waals surface area contributed by atoms with Crippen LogP contribution in [0, 0.1) is 6.92 Å². The van der Waals surface area contributed by atoms with Gasteiger partial charge in [0.1, 0.15) is 16.3 Å². The molecule has 0 aliphatic heterocycles. The number of aryl methyl sites for hydroxylation is 1. The molecule has 0 unspecified atom stereocenters. The van der Waals surface area contributed by atoms with Gasteiger partial charge in [0.25, 0.3) is 5.91 Å². The van der Waals surface area contributed by atoms with Gasteiger partial charge in [0.05, 0.1) is 17.8 Å². The van der Waals surface area contributed by atoms with Crippen molar-refractivity contribution >= 4 is 45.1 Å². The summed E-state index contributed by atoms with van der Waals surface area (Å²) in [6.07, 6.45) is 0. The largest absolute Gasteiger partial charge is 0.456 e. The number of benzene rings is 3. The van der Waals surface area contributed by atoms with Crippen LogP contribution in [0.1, 0.15) is 21.6 Å². The minimum absolute atomic E-state index is 0.288. The Balaban J connectivity index is 1.44. The molecule has 0 radical (unpaired) electrons. The van der Waals surface area contributed by atoms with Gasteiger partial charge in [-0.2, -0.15) is 5.10 Å². The number of hydrogen-bond acceptors (Lipinski definition) is 3. The lowest BCUT2D eigenvalue weighted by Crippen LogP contribution is -2.13. The summed E-state index contributed by atoms with van der Waals surface area (Å²) in [5, 5.41) is 9.69. The first-order valence-corrected chi connectivity index (χ1v) is 9.97. The van der Waals surface area contributed by atoms with E-state index in [2.05, 4.69) is 10.4 Å². The predicted molar refractivity (Wildman–Crippen MR) is 119 cm³/mol. The van der Waals surface area contributed by atoms with E-state index in [1.165, 1.54) is 0 Å². The first kappa shape index (κ1) is 18.5. The fourth-order valence-electron chi connectivity index (χ4n) is 3.67. The number of halogens is 1. The van der Waals surface area contributed by atoms with Crippen LogP contribution in [0.5, 0.6) is 0 Å². The van der Waals surface area contributed by atoms with Crippen molar-refractivity contribution in [2.75, 3.05) is 5.32 Å². The molecule has 6 heteroatoms. The van der Waals surface area contributed by atoms with E-state index in [4.69, 9.17) is 16.0 Å². The number of carbonyl (C=O) groups is 1. The summed E-state index contributed by atoms with van der Waals surface area (Å²) in [5.74, 6) is -0.288. The lowest BCUT2D eigenvalue weighted by Gasteiger charge is -2.06. The Kier molecular flexibility index (Phi) is 4.52. The number of hydrogen-bond donors (Lipinski definition) is 1. The molecule has 1 N–H and O–H groups in total. The highest BCUT2D eigenvalue weighted by molar-refractivity contribution is 6.33. The number of nitrogens with zero attached hydrogens (tertiary/aromatic N) is 2. The molecule has 0 saturated heterocycles. The quantitative estimate of drug-likeness (QED) is 0.389. The molecule has 1 amide bonds. The van der Waals surface area contributed by atoms with Gasteiger partial charge < -0.3 is 9.73 Å². The average molecular weight is 416 g/mol. The minimum Gasteiger partial charge on any atom is -0.456 e. The zero-order valence-corrected chi connectivity index (χ0v) is 17.0. The second-order valence-electron chi connectivity index (χ2n) is 7.16. The van der Waals surface area contributed by atoms with Gasteiger partial charge in [-0.1, -0.05) is 60.1 Å². The van der Waals surface area contributed by atoms with E-state index in [0.717, 1.165) is 27.5 Å². The van der Waals surface area contributed by atoms with Crippen LogP contribution in [0.4, 0.5) is 5.69 Å². The van der Waals surface area contributed by atoms with E-state index in [1.54, 1.807) is 11.6 Å².